The first kappa shape index (κ1) is 20.3. The fraction of sp³-hybridized carbons (Fsp3) is 0.125. The molecule has 150 valence electrons. The summed E-state index contributed by atoms with van der Waals surface area (Å²) < 4.78 is 5.99. The molecule has 30 heavy (non-hydrogen) atoms. The van der Waals surface area contributed by atoms with Crippen molar-refractivity contribution in [1.29, 1.82) is 0 Å². The van der Waals surface area contributed by atoms with Gasteiger partial charge in [-0.25, -0.2) is 9.78 Å². The summed E-state index contributed by atoms with van der Waals surface area (Å²) >= 11 is 2.22. The number of hydrogen-bond acceptors (Lipinski definition) is 4. The Labute approximate surface area is 187 Å². The van der Waals surface area contributed by atoms with Crippen molar-refractivity contribution in [3.63, 3.8) is 0 Å². The van der Waals surface area contributed by atoms with Gasteiger partial charge in [0.25, 0.3) is 5.91 Å². The molecule has 1 N–H and O–H groups in total. The Morgan fingerprint density at radius 3 is 2.10 bits per heavy atom. The van der Waals surface area contributed by atoms with E-state index in [0.717, 1.165) is 30.9 Å². The van der Waals surface area contributed by atoms with Crippen LogP contribution in [0.5, 0.6) is 0 Å². The zero-order chi connectivity index (χ0) is 21.1. The van der Waals surface area contributed by atoms with Crippen molar-refractivity contribution in [2.75, 3.05) is 7.11 Å². The number of halogens is 1. The first-order valence-electron chi connectivity index (χ1n) is 9.48. The van der Waals surface area contributed by atoms with Crippen molar-refractivity contribution >= 4 is 56.3 Å². The lowest BCUT2D eigenvalue weighted by atomic mass is 10.0. The molecule has 1 heterocycles. The van der Waals surface area contributed by atoms with Gasteiger partial charge < -0.3 is 10.1 Å². The van der Waals surface area contributed by atoms with Crippen molar-refractivity contribution in [3.8, 4) is 0 Å². The van der Waals surface area contributed by atoms with Crippen LogP contribution in [0.1, 0.15) is 15.9 Å². The Morgan fingerprint density at radius 1 is 0.933 bits per heavy atom. The monoisotopic (exact) mass is 510 g/mol. The molecule has 1 amide bonds. The van der Waals surface area contributed by atoms with Crippen LogP contribution in [0.3, 0.4) is 0 Å². The molecular formula is C24H19IN2O3. The lowest BCUT2D eigenvalue weighted by Gasteiger charge is -2.19. The molecule has 5 nitrogen and oxygen atoms in total. The molecule has 0 aliphatic rings. The quantitative estimate of drug-likeness (QED) is 0.244. The van der Waals surface area contributed by atoms with Gasteiger partial charge in [-0.1, -0.05) is 54.6 Å². The Morgan fingerprint density at radius 2 is 1.50 bits per heavy atom. The van der Waals surface area contributed by atoms with Gasteiger partial charge in [0, 0.05) is 20.8 Å². The van der Waals surface area contributed by atoms with Gasteiger partial charge in [-0.05, 0) is 46.4 Å². The molecule has 0 aliphatic heterocycles. The molecule has 6 heteroatoms. The highest BCUT2D eigenvalue weighted by Crippen LogP contribution is 2.26. The predicted octanol–water partition coefficient (Wildman–Crippen LogP) is 4.51. The summed E-state index contributed by atoms with van der Waals surface area (Å²) in [6.07, 6.45) is 0.346. The van der Waals surface area contributed by atoms with E-state index in [9.17, 15) is 9.59 Å². The summed E-state index contributed by atoms with van der Waals surface area (Å²) in [4.78, 5) is 30.6. The molecule has 4 aromatic rings. The average Bonchev–Trinajstić information content (AvgIpc) is 2.77. The molecule has 0 fully saturated rings. The van der Waals surface area contributed by atoms with Crippen LogP contribution in [0, 0.1) is 3.57 Å². The Bertz CT molecular complexity index is 1200. The lowest BCUT2D eigenvalue weighted by molar-refractivity contribution is -0.142. The van der Waals surface area contributed by atoms with Crippen LogP contribution in [0.4, 0.5) is 0 Å². The summed E-state index contributed by atoms with van der Waals surface area (Å²) in [6, 6.07) is 22.0. The van der Waals surface area contributed by atoms with Crippen LogP contribution in [0.15, 0.2) is 72.8 Å². The number of nitrogens with zero attached hydrogens (tertiary/aromatic N) is 1. The van der Waals surface area contributed by atoms with Crippen molar-refractivity contribution in [3.05, 3.63) is 87.5 Å². The highest BCUT2D eigenvalue weighted by atomic mass is 127. The van der Waals surface area contributed by atoms with E-state index in [1.54, 1.807) is 0 Å². The van der Waals surface area contributed by atoms with Crippen LogP contribution < -0.4 is 5.32 Å². The maximum atomic E-state index is 13.4. The Kier molecular flexibility index (Phi) is 5.94. The normalized spacial score (nSPS) is 11.9. The third kappa shape index (κ3) is 4.00. The number of esters is 1. The highest BCUT2D eigenvalue weighted by Gasteiger charge is 2.25. The van der Waals surface area contributed by atoms with Gasteiger partial charge in [0.05, 0.1) is 23.7 Å². The summed E-state index contributed by atoms with van der Waals surface area (Å²) in [5, 5.41) is 4.38. The number of methoxy groups -OCH3 is 1. The standard InChI is InChI=1S/C24H19IN2O3/c1-30-24(29)21(14-15-8-2-5-11-18(15)25)27-23(28)22-16-9-3-6-12-19(16)26-20-13-7-4-10-17(20)22/h2-13,21H,14H2,1H3,(H,27,28)/t21-/m1/s1. The smallest absolute Gasteiger partial charge is 0.328 e. The molecule has 0 unspecified atom stereocenters. The number of benzene rings is 3. The van der Waals surface area contributed by atoms with Crippen LogP contribution in [-0.4, -0.2) is 30.0 Å². The molecule has 0 spiro atoms. The number of rotatable bonds is 5. The summed E-state index contributed by atoms with van der Waals surface area (Å²) in [7, 11) is 1.33. The molecule has 1 aromatic heterocycles. The molecule has 0 aliphatic carbocycles. The maximum absolute atomic E-state index is 13.4. The third-order valence-corrected chi connectivity index (χ3v) is 6.04. The minimum atomic E-state index is -0.802. The maximum Gasteiger partial charge on any atom is 0.328 e. The van der Waals surface area contributed by atoms with E-state index in [1.165, 1.54) is 7.11 Å². The van der Waals surface area contributed by atoms with Gasteiger partial charge in [-0.3, -0.25) is 4.79 Å². The number of carbonyl (C=O) groups excluding carboxylic acids is 2. The van der Waals surface area contributed by atoms with Crippen LogP contribution in [0.2, 0.25) is 0 Å². The van der Waals surface area contributed by atoms with Crippen molar-refractivity contribution in [1.82, 2.24) is 10.3 Å². The topological polar surface area (TPSA) is 68.3 Å². The number of hydrogen-bond donors (Lipinski definition) is 1. The summed E-state index contributed by atoms with van der Waals surface area (Å²) in [5.41, 5.74) is 2.94. The Balaban J connectivity index is 1.76. The first-order chi connectivity index (χ1) is 14.6. The zero-order valence-corrected chi connectivity index (χ0v) is 18.4. The van der Waals surface area contributed by atoms with Gasteiger partial charge in [0.15, 0.2) is 0 Å². The number of aromatic nitrogens is 1. The highest BCUT2D eigenvalue weighted by molar-refractivity contribution is 14.1. The lowest BCUT2D eigenvalue weighted by Crippen LogP contribution is -2.43. The molecule has 0 saturated carbocycles. The second-order valence-corrected chi connectivity index (χ2v) is 8.03. The van der Waals surface area contributed by atoms with Gasteiger partial charge in [0.2, 0.25) is 0 Å². The van der Waals surface area contributed by atoms with Crippen LogP contribution >= 0.6 is 22.6 Å². The van der Waals surface area contributed by atoms with Gasteiger partial charge in [0.1, 0.15) is 6.04 Å². The minimum absolute atomic E-state index is 0.328. The largest absolute Gasteiger partial charge is 0.467 e. The molecule has 3 aromatic carbocycles. The molecule has 0 radical (unpaired) electrons. The van der Waals surface area contributed by atoms with Gasteiger partial charge in [-0.2, -0.15) is 0 Å². The third-order valence-electron chi connectivity index (χ3n) is 4.99. The average molecular weight is 510 g/mol. The predicted molar refractivity (Wildman–Crippen MR) is 125 cm³/mol. The second-order valence-electron chi connectivity index (χ2n) is 6.87. The van der Waals surface area contributed by atoms with E-state index in [2.05, 4.69) is 32.9 Å². The van der Waals surface area contributed by atoms with Crippen LogP contribution in [-0.2, 0) is 16.0 Å². The number of nitrogens with one attached hydrogen (secondary N) is 1. The first-order valence-corrected chi connectivity index (χ1v) is 10.6. The number of ether oxygens (including phenoxy) is 1. The Hall–Kier alpha value is -3.00. The summed E-state index contributed by atoms with van der Waals surface area (Å²) in [5.74, 6) is -0.809. The van der Waals surface area contributed by atoms with E-state index < -0.39 is 12.0 Å². The van der Waals surface area contributed by atoms with Gasteiger partial charge in [-0.15, -0.1) is 0 Å². The fourth-order valence-corrected chi connectivity index (χ4v) is 4.14. The van der Waals surface area contributed by atoms with Crippen molar-refractivity contribution in [2.45, 2.75) is 12.5 Å². The number of amides is 1. The number of pyridine rings is 1. The van der Waals surface area contributed by atoms with Gasteiger partial charge >= 0.3 is 5.97 Å². The van der Waals surface area contributed by atoms with E-state index in [1.807, 2.05) is 72.8 Å². The van der Waals surface area contributed by atoms with Crippen molar-refractivity contribution < 1.29 is 14.3 Å². The number of para-hydroxylation sites is 2. The molecule has 1 atom stereocenters. The minimum Gasteiger partial charge on any atom is -0.467 e. The van der Waals surface area contributed by atoms with E-state index >= 15 is 0 Å². The van der Waals surface area contributed by atoms with Crippen molar-refractivity contribution in [2.24, 2.45) is 0 Å². The van der Waals surface area contributed by atoms with E-state index in [4.69, 9.17) is 4.74 Å². The molecule has 0 saturated heterocycles. The van der Waals surface area contributed by atoms with E-state index in [0.29, 0.717) is 12.0 Å². The number of fused-ring (bicyclic) bond motifs is 2. The second kappa shape index (κ2) is 8.79. The molecule has 4 rings (SSSR count). The molecular weight excluding hydrogens is 491 g/mol. The number of carbonyl (C=O) groups is 2. The molecule has 0 bridgehead atoms. The summed E-state index contributed by atoms with van der Waals surface area (Å²) in [6.45, 7) is 0. The van der Waals surface area contributed by atoms with E-state index in [-0.39, 0.29) is 5.91 Å². The zero-order valence-electron chi connectivity index (χ0n) is 16.3. The van der Waals surface area contributed by atoms with Crippen LogP contribution in [0.25, 0.3) is 21.8 Å². The fourth-order valence-electron chi connectivity index (χ4n) is 3.53. The SMILES string of the molecule is COC(=O)[C@@H](Cc1ccccc1I)NC(=O)c1c2ccccc2nc2ccccc12.